The van der Waals surface area contributed by atoms with Crippen LogP contribution in [0.4, 0.5) is 17.1 Å². The van der Waals surface area contributed by atoms with Crippen LogP contribution in [0, 0.1) is 0 Å². The molecule has 0 saturated carbocycles. The third-order valence-corrected chi connectivity index (χ3v) is 11.6. The fraction of sp³-hybridized carbons (Fsp3) is 0.0588. The van der Waals surface area contributed by atoms with E-state index in [1.165, 1.54) is 60.9 Å². The first kappa shape index (κ1) is 30.8. The molecule has 0 N–H and O–H groups in total. The normalized spacial score (nSPS) is 13.1. The predicted molar refractivity (Wildman–Crippen MR) is 226 cm³/mol. The smallest absolute Gasteiger partial charge is 0.137 e. The topological polar surface area (TPSA) is 21.3 Å². The third kappa shape index (κ3) is 4.42. The van der Waals surface area contributed by atoms with Crippen LogP contribution < -0.4 is 4.90 Å². The summed E-state index contributed by atoms with van der Waals surface area (Å²) in [5.41, 5.74) is 16.2. The average Bonchev–Trinajstić information content (AvgIpc) is 3.85. The molecule has 10 aromatic rings. The quantitative estimate of drug-likeness (QED) is 0.179. The van der Waals surface area contributed by atoms with Gasteiger partial charge < -0.3 is 13.9 Å². The largest absolute Gasteiger partial charge is 0.456 e. The van der Waals surface area contributed by atoms with Crippen molar-refractivity contribution in [3.05, 3.63) is 193 Å². The van der Waals surface area contributed by atoms with Gasteiger partial charge >= 0.3 is 0 Å². The lowest BCUT2D eigenvalue weighted by atomic mass is 9.82. The molecule has 0 aliphatic heterocycles. The Hall–Kier alpha value is -6.84. The lowest BCUT2D eigenvalue weighted by Crippen LogP contribution is -2.16. The summed E-state index contributed by atoms with van der Waals surface area (Å²) in [4.78, 5) is 2.45. The molecule has 0 unspecified atom stereocenters. The van der Waals surface area contributed by atoms with Crippen LogP contribution in [-0.2, 0) is 5.41 Å². The van der Waals surface area contributed by atoms with Crippen LogP contribution in [0.15, 0.2) is 186 Å². The van der Waals surface area contributed by atoms with Crippen LogP contribution in [0.5, 0.6) is 0 Å². The molecule has 0 amide bonds. The lowest BCUT2D eigenvalue weighted by Gasteiger charge is -2.29. The molecule has 0 saturated heterocycles. The lowest BCUT2D eigenvalue weighted by molar-refractivity contribution is 0.660. The van der Waals surface area contributed by atoms with E-state index in [0.29, 0.717) is 0 Å². The molecule has 2 aromatic heterocycles. The van der Waals surface area contributed by atoms with E-state index < -0.39 is 0 Å². The van der Waals surface area contributed by atoms with Gasteiger partial charge in [-0.15, -0.1) is 0 Å². The van der Waals surface area contributed by atoms with Crippen molar-refractivity contribution in [2.45, 2.75) is 19.3 Å². The molecule has 3 heteroatoms. The van der Waals surface area contributed by atoms with Gasteiger partial charge in [0.2, 0.25) is 0 Å². The minimum Gasteiger partial charge on any atom is -0.456 e. The molecular formula is C51H36N2O. The fourth-order valence-corrected chi connectivity index (χ4v) is 9.08. The van der Waals surface area contributed by atoms with Crippen molar-refractivity contribution in [1.82, 2.24) is 4.57 Å². The molecule has 256 valence electrons. The second-order valence-electron chi connectivity index (χ2n) is 14.9. The van der Waals surface area contributed by atoms with E-state index in [-0.39, 0.29) is 5.41 Å². The first-order chi connectivity index (χ1) is 26.6. The number of hydrogen-bond acceptors (Lipinski definition) is 2. The van der Waals surface area contributed by atoms with Gasteiger partial charge in [0.05, 0.1) is 27.8 Å². The summed E-state index contributed by atoms with van der Waals surface area (Å²) in [6.45, 7) is 4.69. The Balaban J connectivity index is 1.10. The molecule has 1 aliphatic carbocycles. The SMILES string of the molecule is CC1(C)c2ccccc2-c2c(N(c3ccc(-c4ccc5c(c4)c4ccccc4n5-c4ccccc4)cc3)c3cccc4oc5ccccc5c34)cccc21. The summed E-state index contributed by atoms with van der Waals surface area (Å²) in [5.74, 6) is 0. The van der Waals surface area contributed by atoms with Crippen LogP contribution in [-0.4, -0.2) is 4.57 Å². The number of benzene rings is 8. The van der Waals surface area contributed by atoms with E-state index in [9.17, 15) is 0 Å². The van der Waals surface area contributed by atoms with Crippen LogP contribution >= 0.6 is 0 Å². The summed E-state index contributed by atoms with van der Waals surface area (Å²) < 4.78 is 8.81. The maximum Gasteiger partial charge on any atom is 0.137 e. The van der Waals surface area contributed by atoms with Gasteiger partial charge in [-0.1, -0.05) is 129 Å². The van der Waals surface area contributed by atoms with Gasteiger partial charge in [-0.3, -0.25) is 0 Å². The molecule has 0 atom stereocenters. The first-order valence-electron chi connectivity index (χ1n) is 18.7. The van der Waals surface area contributed by atoms with Crippen LogP contribution in [0.25, 0.3) is 71.7 Å². The average molecular weight is 693 g/mol. The van der Waals surface area contributed by atoms with Crippen molar-refractivity contribution in [3.63, 3.8) is 0 Å². The van der Waals surface area contributed by atoms with Gasteiger partial charge in [-0.05, 0) is 94.5 Å². The number of nitrogens with zero attached hydrogens (tertiary/aromatic N) is 2. The Kier molecular flexibility index (Phi) is 6.60. The Morgan fingerprint density at radius 1 is 0.481 bits per heavy atom. The van der Waals surface area contributed by atoms with Crippen molar-refractivity contribution in [2.24, 2.45) is 0 Å². The summed E-state index contributed by atoms with van der Waals surface area (Å²) in [7, 11) is 0. The van der Waals surface area contributed by atoms with E-state index >= 15 is 0 Å². The zero-order chi connectivity index (χ0) is 36.0. The molecular weight excluding hydrogens is 657 g/mol. The van der Waals surface area contributed by atoms with E-state index in [4.69, 9.17) is 4.42 Å². The van der Waals surface area contributed by atoms with Gasteiger partial charge in [0.25, 0.3) is 0 Å². The second-order valence-corrected chi connectivity index (χ2v) is 14.9. The van der Waals surface area contributed by atoms with Gasteiger partial charge in [0.15, 0.2) is 0 Å². The fourth-order valence-electron chi connectivity index (χ4n) is 9.08. The molecule has 1 aliphatic rings. The highest BCUT2D eigenvalue weighted by Gasteiger charge is 2.38. The zero-order valence-electron chi connectivity index (χ0n) is 30.1. The molecule has 2 heterocycles. The number of aromatic nitrogens is 1. The highest BCUT2D eigenvalue weighted by atomic mass is 16.3. The van der Waals surface area contributed by atoms with Crippen LogP contribution in [0.2, 0.25) is 0 Å². The monoisotopic (exact) mass is 692 g/mol. The van der Waals surface area contributed by atoms with E-state index in [1.807, 2.05) is 6.07 Å². The summed E-state index contributed by atoms with van der Waals surface area (Å²) >= 11 is 0. The predicted octanol–water partition coefficient (Wildman–Crippen LogP) is 14.1. The van der Waals surface area contributed by atoms with E-state index in [1.54, 1.807) is 0 Å². The molecule has 8 aromatic carbocycles. The molecule has 54 heavy (non-hydrogen) atoms. The van der Waals surface area contributed by atoms with Crippen LogP contribution in [0.1, 0.15) is 25.0 Å². The number of hydrogen-bond donors (Lipinski definition) is 0. The van der Waals surface area contributed by atoms with Crippen molar-refractivity contribution < 1.29 is 4.42 Å². The van der Waals surface area contributed by atoms with E-state index in [2.05, 4.69) is 199 Å². The number of furan rings is 1. The minimum atomic E-state index is -0.117. The Morgan fingerprint density at radius 2 is 1.13 bits per heavy atom. The highest BCUT2D eigenvalue weighted by molar-refractivity contribution is 6.14. The third-order valence-electron chi connectivity index (χ3n) is 11.6. The van der Waals surface area contributed by atoms with Crippen LogP contribution in [0.3, 0.4) is 0 Å². The molecule has 0 spiro atoms. The van der Waals surface area contributed by atoms with E-state index in [0.717, 1.165) is 39.0 Å². The maximum atomic E-state index is 6.44. The second kappa shape index (κ2) is 11.6. The summed E-state index contributed by atoms with van der Waals surface area (Å²) in [6, 6.07) is 65.9. The minimum absolute atomic E-state index is 0.117. The molecule has 0 radical (unpaired) electrons. The summed E-state index contributed by atoms with van der Waals surface area (Å²) in [5, 5.41) is 4.72. The molecule has 0 bridgehead atoms. The van der Waals surface area contributed by atoms with Crippen molar-refractivity contribution in [3.8, 4) is 27.9 Å². The Morgan fingerprint density at radius 3 is 2.00 bits per heavy atom. The highest BCUT2D eigenvalue weighted by Crippen LogP contribution is 2.55. The van der Waals surface area contributed by atoms with Gasteiger partial charge in [0.1, 0.15) is 11.2 Å². The van der Waals surface area contributed by atoms with Crippen molar-refractivity contribution >= 4 is 60.8 Å². The van der Waals surface area contributed by atoms with Gasteiger partial charge in [-0.25, -0.2) is 0 Å². The Bertz CT molecular complexity index is 3070. The summed E-state index contributed by atoms with van der Waals surface area (Å²) in [6.07, 6.45) is 0. The molecule has 11 rings (SSSR count). The standard InChI is InChI=1S/C51H36N2O/c1-51(2)41-19-9-6-17-38(41)49-42(51)20-12-22-45(49)53(46-23-13-25-48-50(46)39-18-8-11-24-47(39)54-48)36-29-26-33(27-30-36)34-28-31-44-40(32-34)37-16-7-10-21-43(37)52(44)35-14-4-3-5-15-35/h3-32H,1-2H3. The Labute approximate surface area is 314 Å². The zero-order valence-corrected chi connectivity index (χ0v) is 30.1. The van der Waals surface area contributed by atoms with Crippen molar-refractivity contribution in [2.75, 3.05) is 4.90 Å². The maximum absolute atomic E-state index is 6.44. The van der Waals surface area contributed by atoms with Gasteiger partial charge in [-0.2, -0.15) is 0 Å². The first-order valence-corrected chi connectivity index (χ1v) is 18.7. The molecule has 3 nitrogen and oxygen atoms in total. The number of fused-ring (bicyclic) bond motifs is 9. The molecule has 0 fully saturated rings. The number of rotatable bonds is 5. The van der Waals surface area contributed by atoms with Gasteiger partial charge in [0, 0.05) is 38.5 Å². The van der Waals surface area contributed by atoms with Crippen molar-refractivity contribution in [1.29, 1.82) is 0 Å². The number of para-hydroxylation sites is 3. The number of anilines is 3.